The molecule has 0 atom stereocenters. The quantitative estimate of drug-likeness (QED) is 0.785. The normalized spacial score (nSPS) is 12.2. The van der Waals surface area contributed by atoms with E-state index in [2.05, 4.69) is 6.58 Å². The van der Waals surface area contributed by atoms with Crippen molar-refractivity contribution in [3.05, 3.63) is 41.8 Å². The van der Waals surface area contributed by atoms with E-state index in [4.69, 9.17) is 0 Å². The number of halogens is 3. The summed E-state index contributed by atoms with van der Waals surface area (Å²) in [6.07, 6.45) is -5.25. The molecule has 7 heteroatoms. The van der Waals surface area contributed by atoms with E-state index in [1.54, 1.807) is 0 Å². The average Bonchev–Trinajstić information content (AvgIpc) is 2.27. The van der Waals surface area contributed by atoms with Crippen LogP contribution in [0.5, 0.6) is 0 Å². The molecular formula is C10H7F3O3S. The van der Waals surface area contributed by atoms with E-state index in [9.17, 15) is 26.4 Å². The molecule has 0 N–H and O–H groups in total. The molecule has 0 aliphatic rings. The van der Waals surface area contributed by atoms with Crippen molar-refractivity contribution >= 4 is 15.6 Å². The van der Waals surface area contributed by atoms with Crippen molar-refractivity contribution in [2.45, 2.75) is 11.1 Å². The molecule has 0 aliphatic heterocycles. The number of ketones is 1. The highest BCUT2D eigenvalue weighted by Crippen LogP contribution is 2.26. The number of carbonyl (C=O) groups is 1. The first kappa shape index (κ1) is 13.4. The van der Waals surface area contributed by atoms with E-state index in [0.29, 0.717) is 0 Å². The van der Waals surface area contributed by atoms with Gasteiger partial charge in [0, 0.05) is 0 Å². The molecule has 0 saturated heterocycles. The molecule has 0 radical (unpaired) electrons. The van der Waals surface area contributed by atoms with Gasteiger partial charge in [0.2, 0.25) is 9.84 Å². The molecule has 0 spiro atoms. The molecular weight excluding hydrogens is 257 g/mol. The summed E-state index contributed by atoms with van der Waals surface area (Å²) in [6.45, 7) is 2.71. The van der Waals surface area contributed by atoms with Gasteiger partial charge in [-0.05, 0) is 12.1 Å². The highest BCUT2D eigenvalue weighted by molar-refractivity contribution is 7.96. The topological polar surface area (TPSA) is 51.2 Å². The monoisotopic (exact) mass is 264 g/mol. The lowest BCUT2D eigenvalue weighted by atomic mass is 10.4. The van der Waals surface area contributed by atoms with Crippen LogP contribution < -0.4 is 0 Å². The number of rotatable bonds is 3. The smallest absolute Gasteiger partial charge is 0.283 e. The third kappa shape index (κ3) is 2.73. The summed E-state index contributed by atoms with van der Waals surface area (Å²) in [7, 11) is -4.49. The molecule has 3 nitrogen and oxygen atoms in total. The van der Waals surface area contributed by atoms with E-state index in [-0.39, 0.29) is 0 Å². The van der Waals surface area contributed by atoms with Crippen LogP contribution in [0.1, 0.15) is 0 Å². The number of hydrogen-bond donors (Lipinski definition) is 0. The molecule has 1 aromatic carbocycles. The van der Waals surface area contributed by atoms with Gasteiger partial charge in [0.15, 0.2) is 0 Å². The first-order valence-electron chi connectivity index (χ1n) is 4.28. The lowest BCUT2D eigenvalue weighted by Crippen LogP contribution is -2.27. The van der Waals surface area contributed by atoms with Crippen molar-refractivity contribution in [3.8, 4) is 0 Å². The molecule has 0 amide bonds. The minimum atomic E-state index is -5.25. The standard InChI is InChI=1S/C10H7F3O3S/c1-7(9(14)10(11,12)13)17(15,16)8-5-3-2-4-6-8/h2-6H,1H2. The van der Waals surface area contributed by atoms with Gasteiger partial charge in [-0.25, -0.2) is 8.42 Å². The summed E-state index contributed by atoms with van der Waals surface area (Å²) < 4.78 is 59.4. The van der Waals surface area contributed by atoms with E-state index in [1.807, 2.05) is 0 Å². The number of sulfone groups is 1. The fourth-order valence-corrected chi connectivity index (χ4v) is 2.18. The van der Waals surface area contributed by atoms with Gasteiger partial charge >= 0.3 is 6.18 Å². The number of hydrogen-bond acceptors (Lipinski definition) is 3. The van der Waals surface area contributed by atoms with Crippen molar-refractivity contribution in [1.29, 1.82) is 0 Å². The fraction of sp³-hybridized carbons (Fsp3) is 0.100. The molecule has 1 rings (SSSR count). The Labute approximate surface area is 95.5 Å². The van der Waals surface area contributed by atoms with Crippen LogP contribution in [-0.4, -0.2) is 20.4 Å². The summed E-state index contributed by atoms with van der Waals surface area (Å²) in [6, 6.07) is 6.33. The molecule has 92 valence electrons. The van der Waals surface area contributed by atoms with Crippen LogP contribution >= 0.6 is 0 Å². The average molecular weight is 264 g/mol. The molecule has 1 aromatic rings. The van der Waals surface area contributed by atoms with E-state index in [1.165, 1.54) is 18.2 Å². The van der Waals surface area contributed by atoms with Crippen LogP contribution in [-0.2, 0) is 14.6 Å². The van der Waals surface area contributed by atoms with Gasteiger partial charge in [-0.1, -0.05) is 24.8 Å². The molecule has 0 saturated carbocycles. The van der Waals surface area contributed by atoms with Crippen LogP contribution in [0, 0.1) is 0 Å². The summed E-state index contributed by atoms with van der Waals surface area (Å²) in [4.78, 5) is 8.90. The molecule has 0 fully saturated rings. The van der Waals surface area contributed by atoms with Crippen molar-refractivity contribution in [3.63, 3.8) is 0 Å². The van der Waals surface area contributed by atoms with Crippen molar-refractivity contribution in [2.75, 3.05) is 0 Å². The predicted octanol–water partition coefficient (Wildman–Crippen LogP) is 2.11. The lowest BCUT2D eigenvalue weighted by molar-refractivity contribution is -0.165. The summed E-state index contributed by atoms with van der Waals surface area (Å²) in [5.41, 5.74) is 0. The number of benzene rings is 1. The Bertz CT molecular complexity index is 544. The zero-order chi connectivity index (χ0) is 13.3. The van der Waals surface area contributed by atoms with E-state index < -0.39 is 31.6 Å². The van der Waals surface area contributed by atoms with Gasteiger partial charge in [-0.2, -0.15) is 13.2 Å². The maximum Gasteiger partial charge on any atom is 0.455 e. The van der Waals surface area contributed by atoms with E-state index in [0.717, 1.165) is 12.1 Å². The minimum Gasteiger partial charge on any atom is -0.283 e. The molecule has 0 aliphatic carbocycles. The first-order valence-corrected chi connectivity index (χ1v) is 5.76. The van der Waals surface area contributed by atoms with E-state index >= 15 is 0 Å². The Hall–Kier alpha value is -1.63. The van der Waals surface area contributed by atoms with Crippen LogP contribution in [0.4, 0.5) is 13.2 Å². The van der Waals surface area contributed by atoms with Gasteiger partial charge in [0.1, 0.15) is 4.91 Å². The lowest BCUT2D eigenvalue weighted by Gasteiger charge is -2.08. The van der Waals surface area contributed by atoms with Crippen molar-refractivity contribution in [2.24, 2.45) is 0 Å². The minimum absolute atomic E-state index is 0.400. The maximum atomic E-state index is 12.1. The summed E-state index contributed by atoms with van der Waals surface area (Å²) in [5.74, 6) is -2.46. The zero-order valence-corrected chi connectivity index (χ0v) is 9.18. The van der Waals surface area contributed by atoms with Crippen LogP contribution in [0.2, 0.25) is 0 Å². The zero-order valence-electron chi connectivity index (χ0n) is 8.36. The Morgan fingerprint density at radius 3 is 2.00 bits per heavy atom. The van der Waals surface area contributed by atoms with Crippen molar-refractivity contribution in [1.82, 2.24) is 0 Å². The van der Waals surface area contributed by atoms with Gasteiger partial charge in [-0.15, -0.1) is 0 Å². The third-order valence-electron chi connectivity index (χ3n) is 1.89. The second-order valence-corrected chi connectivity index (χ2v) is 5.04. The van der Waals surface area contributed by atoms with Gasteiger partial charge in [0.05, 0.1) is 4.90 Å². The second-order valence-electron chi connectivity index (χ2n) is 3.07. The number of Topliss-reactive ketones (excluding diaryl/α,β-unsaturated/α-hetero) is 1. The molecule has 0 aromatic heterocycles. The highest BCUT2D eigenvalue weighted by Gasteiger charge is 2.44. The van der Waals surface area contributed by atoms with Crippen LogP contribution in [0.3, 0.4) is 0 Å². The van der Waals surface area contributed by atoms with Gasteiger partial charge in [-0.3, -0.25) is 4.79 Å². The van der Waals surface area contributed by atoms with Crippen LogP contribution in [0.25, 0.3) is 0 Å². The Kier molecular flexibility index (Phi) is 3.42. The predicted molar refractivity (Wildman–Crippen MR) is 53.8 cm³/mol. The SMILES string of the molecule is C=C(C(=O)C(F)(F)F)S(=O)(=O)c1ccccc1. The molecule has 0 unspecified atom stereocenters. The van der Waals surface area contributed by atoms with Crippen LogP contribution in [0.15, 0.2) is 46.7 Å². The molecule has 0 bridgehead atoms. The number of carbonyl (C=O) groups excluding carboxylic acids is 1. The van der Waals surface area contributed by atoms with Gasteiger partial charge in [0.25, 0.3) is 5.78 Å². The molecule has 0 heterocycles. The largest absolute Gasteiger partial charge is 0.455 e. The molecule has 17 heavy (non-hydrogen) atoms. The Morgan fingerprint density at radius 1 is 1.12 bits per heavy atom. The number of alkyl halides is 3. The maximum absolute atomic E-state index is 12.1. The Balaban J connectivity index is 3.19. The Morgan fingerprint density at radius 2 is 1.59 bits per heavy atom. The highest BCUT2D eigenvalue weighted by atomic mass is 32.2. The summed E-state index contributed by atoms with van der Waals surface area (Å²) >= 11 is 0. The van der Waals surface area contributed by atoms with Crippen molar-refractivity contribution < 1.29 is 26.4 Å². The first-order chi connectivity index (χ1) is 7.67. The van der Waals surface area contributed by atoms with Gasteiger partial charge < -0.3 is 0 Å². The summed E-state index contributed by atoms with van der Waals surface area (Å²) in [5, 5.41) is 0. The second kappa shape index (κ2) is 4.33. The fourth-order valence-electron chi connectivity index (χ4n) is 1.02. The number of allylic oxidation sites excluding steroid dienone is 1. The third-order valence-corrected chi connectivity index (χ3v) is 3.62.